The molecule has 0 saturated carbocycles. The van der Waals surface area contributed by atoms with Crippen LogP contribution in [0.4, 0.5) is 0 Å². The second-order valence-corrected chi connectivity index (χ2v) is 10.5. The molecular formula is C24H29N3O5S. The van der Waals surface area contributed by atoms with Crippen molar-refractivity contribution in [3.8, 4) is 0 Å². The molecule has 2 aromatic carbocycles. The minimum Gasteiger partial charge on any atom is -0.354 e. The Labute approximate surface area is 194 Å². The van der Waals surface area contributed by atoms with E-state index in [-0.39, 0.29) is 28.8 Å². The van der Waals surface area contributed by atoms with Gasteiger partial charge in [0, 0.05) is 13.1 Å². The first kappa shape index (κ1) is 24.4. The van der Waals surface area contributed by atoms with Gasteiger partial charge in [-0.1, -0.05) is 55.8 Å². The van der Waals surface area contributed by atoms with Crippen LogP contribution in [0.2, 0.25) is 0 Å². The molecule has 2 aromatic rings. The summed E-state index contributed by atoms with van der Waals surface area (Å²) < 4.78 is 26.4. The normalized spacial score (nSPS) is 15.3. The van der Waals surface area contributed by atoms with Crippen molar-refractivity contribution in [1.29, 1.82) is 0 Å². The van der Waals surface area contributed by atoms with Gasteiger partial charge in [-0.3, -0.25) is 14.4 Å². The number of carbonyl (C=O) groups excluding carboxylic acids is 3. The molecule has 0 saturated heterocycles. The highest BCUT2D eigenvalue weighted by Crippen LogP contribution is 2.30. The second kappa shape index (κ2) is 9.74. The van der Waals surface area contributed by atoms with Gasteiger partial charge in [-0.15, -0.1) is 0 Å². The number of carbonyl (C=O) groups is 3. The number of benzene rings is 2. The second-order valence-electron chi connectivity index (χ2n) is 8.64. The molecule has 3 amide bonds. The Morgan fingerprint density at radius 1 is 1.03 bits per heavy atom. The Balaban J connectivity index is 1.86. The van der Waals surface area contributed by atoms with Gasteiger partial charge < -0.3 is 10.2 Å². The molecular weight excluding hydrogens is 442 g/mol. The van der Waals surface area contributed by atoms with Crippen LogP contribution >= 0.6 is 0 Å². The lowest BCUT2D eigenvalue weighted by Gasteiger charge is -2.30. The molecule has 9 heteroatoms. The summed E-state index contributed by atoms with van der Waals surface area (Å²) in [7, 11) is -4.13. The summed E-state index contributed by atoms with van der Waals surface area (Å²) >= 11 is 0. The lowest BCUT2D eigenvalue weighted by Crippen LogP contribution is -2.51. The van der Waals surface area contributed by atoms with Crippen LogP contribution in [-0.4, -0.2) is 54.5 Å². The lowest BCUT2D eigenvalue weighted by atomic mass is 10.1. The van der Waals surface area contributed by atoms with Crippen molar-refractivity contribution in [2.75, 3.05) is 13.1 Å². The van der Waals surface area contributed by atoms with Gasteiger partial charge in [0.2, 0.25) is 11.8 Å². The fourth-order valence-electron chi connectivity index (χ4n) is 3.53. The molecule has 3 rings (SSSR count). The molecule has 1 atom stereocenters. The van der Waals surface area contributed by atoms with Gasteiger partial charge in [0.25, 0.3) is 15.9 Å². The van der Waals surface area contributed by atoms with Gasteiger partial charge in [0.1, 0.15) is 17.5 Å². The van der Waals surface area contributed by atoms with Crippen LogP contribution in [0.15, 0.2) is 53.4 Å². The Morgan fingerprint density at radius 2 is 1.67 bits per heavy atom. The third-order valence-corrected chi connectivity index (χ3v) is 7.30. The fraction of sp³-hybridized carbons (Fsp3) is 0.375. The van der Waals surface area contributed by atoms with Crippen molar-refractivity contribution in [3.63, 3.8) is 0 Å². The van der Waals surface area contributed by atoms with E-state index in [0.29, 0.717) is 10.8 Å². The molecule has 0 bridgehead atoms. The number of sulfonamides is 1. The van der Waals surface area contributed by atoms with E-state index in [1.807, 2.05) is 45.0 Å². The average molecular weight is 472 g/mol. The third-order valence-electron chi connectivity index (χ3n) is 5.52. The summed E-state index contributed by atoms with van der Waals surface area (Å²) in [4.78, 5) is 40.0. The van der Waals surface area contributed by atoms with Crippen molar-refractivity contribution >= 4 is 27.7 Å². The van der Waals surface area contributed by atoms with E-state index in [0.717, 1.165) is 11.1 Å². The molecule has 0 radical (unpaired) electrons. The first-order chi connectivity index (χ1) is 15.5. The van der Waals surface area contributed by atoms with Gasteiger partial charge in [-0.05, 0) is 37.5 Å². The average Bonchev–Trinajstić information content (AvgIpc) is 2.97. The number of nitrogens with zero attached hydrogens (tertiary/aromatic N) is 2. The van der Waals surface area contributed by atoms with E-state index >= 15 is 0 Å². The minimum absolute atomic E-state index is 0.0399. The van der Waals surface area contributed by atoms with E-state index in [1.165, 1.54) is 23.1 Å². The van der Waals surface area contributed by atoms with E-state index in [1.54, 1.807) is 13.0 Å². The summed E-state index contributed by atoms with van der Waals surface area (Å²) in [5.41, 5.74) is 1.88. The Morgan fingerprint density at radius 3 is 2.27 bits per heavy atom. The summed E-state index contributed by atoms with van der Waals surface area (Å²) in [6.07, 6.45) is 0. The molecule has 33 heavy (non-hydrogen) atoms. The molecule has 1 N–H and O–H groups in total. The van der Waals surface area contributed by atoms with Crippen LogP contribution in [0.3, 0.4) is 0 Å². The number of rotatable bonds is 8. The van der Waals surface area contributed by atoms with E-state index in [4.69, 9.17) is 0 Å². The molecule has 176 valence electrons. The quantitative estimate of drug-likeness (QED) is 0.636. The highest BCUT2D eigenvalue weighted by atomic mass is 32.2. The predicted octanol–water partition coefficient (Wildman–Crippen LogP) is 2.33. The minimum atomic E-state index is -4.13. The zero-order chi connectivity index (χ0) is 24.3. The number of fused-ring (bicyclic) bond motifs is 1. The first-order valence-corrected chi connectivity index (χ1v) is 12.2. The number of aryl methyl sites for hydroxylation is 1. The van der Waals surface area contributed by atoms with Gasteiger partial charge in [-0.25, -0.2) is 12.7 Å². The third kappa shape index (κ3) is 5.24. The van der Waals surface area contributed by atoms with Crippen molar-refractivity contribution in [1.82, 2.24) is 14.5 Å². The van der Waals surface area contributed by atoms with Crippen LogP contribution < -0.4 is 5.32 Å². The van der Waals surface area contributed by atoms with E-state index in [9.17, 15) is 22.8 Å². The SMILES string of the molecule is Cc1ccc(CN(C(=O)CN2C(=O)c3ccccc3S2(=O)=O)C(C)C(=O)NCC(C)C)cc1. The van der Waals surface area contributed by atoms with Crippen LogP contribution in [0.5, 0.6) is 0 Å². The highest BCUT2D eigenvalue weighted by molar-refractivity contribution is 7.90. The monoisotopic (exact) mass is 471 g/mol. The molecule has 8 nitrogen and oxygen atoms in total. The van der Waals surface area contributed by atoms with Crippen molar-refractivity contribution in [3.05, 3.63) is 65.2 Å². The maximum absolute atomic E-state index is 13.3. The molecule has 1 heterocycles. The molecule has 0 aliphatic carbocycles. The van der Waals surface area contributed by atoms with Gasteiger partial charge in [-0.2, -0.15) is 0 Å². The van der Waals surface area contributed by atoms with Gasteiger partial charge >= 0.3 is 0 Å². The first-order valence-electron chi connectivity index (χ1n) is 10.8. The van der Waals surface area contributed by atoms with Crippen LogP contribution in [-0.2, 0) is 26.2 Å². The summed E-state index contributed by atoms with van der Waals surface area (Å²) in [5.74, 6) is -1.49. The van der Waals surface area contributed by atoms with Crippen molar-refractivity contribution in [2.24, 2.45) is 5.92 Å². The number of amides is 3. The molecule has 0 fully saturated rings. The van der Waals surface area contributed by atoms with Crippen molar-refractivity contribution < 1.29 is 22.8 Å². The number of nitrogens with one attached hydrogen (secondary N) is 1. The van der Waals surface area contributed by atoms with E-state index < -0.39 is 34.4 Å². The maximum atomic E-state index is 13.3. The zero-order valence-electron chi connectivity index (χ0n) is 19.2. The van der Waals surface area contributed by atoms with Gasteiger partial charge in [0.05, 0.1) is 5.56 Å². The molecule has 1 unspecified atom stereocenters. The standard InChI is InChI=1S/C24H29N3O5S/c1-16(2)13-25-23(29)18(4)26(14-19-11-9-17(3)10-12-19)22(28)15-27-24(30)20-7-5-6-8-21(20)33(27,31)32/h5-12,16,18H,13-15H2,1-4H3,(H,25,29). The largest absolute Gasteiger partial charge is 0.354 e. The fourth-order valence-corrected chi connectivity index (χ4v) is 5.04. The molecule has 0 aromatic heterocycles. The number of hydrogen-bond acceptors (Lipinski definition) is 5. The Bertz CT molecular complexity index is 1160. The van der Waals surface area contributed by atoms with Gasteiger partial charge in [0.15, 0.2) is 0 Å². The molecule has 0 spiro atoms. The topological polar surface area (TPSA) is 104 Å². The highest BCUT2D eigenvalue weighted by Gasteiger charge is 2.43. The maximum Gasteiger partial charge on any atom is 0.269 e. The molecule has 1 aliphatic rings. The number of hydrogen-bond donors (Lipinski definition) is 1. The Hall–Kier alpha value is -3.20. The summed E-state index contributed by atoms with van der Waals surface area (Å²) in [6, 6.07) is 12.5. The van der Waals surface area contributed by atoms with E-state index in [2.05, 4.69) is 5.32 Å². The molecule has 1 aliphatic heterocycles. The summed E-state index contributed by atoms with van der Waals surface area (Å²) in [6.45, 7) is 7.33. The Kier molecular flexibility index (Phi) is 7.22. The summed E-state index contributed by atoms with van der Waals surface area (Å²) in [5, 5.41) is 2.81. The van der Waals surface area contributed by atoms with Crippen LogP contribution in [0, 0.1) is 12.8 Å². The zero-order valence-corrected chi connectivity index (χ0v) is 20.1. The van der Waals surface area contributed by atoms with Crippen molar-refractivity contribution in [2.45, 2.75) is 45.2 Å². The van der Waals surface area contributed by atoms with Crippen LogP contribution in [0.1, 0.15) is 42.3 Å². The predicted molar refractivity (Wildman–Crippen MR) is 124 cm³/mol. The smallest absolute Gasteiger partial charge is 0.269 e. The van der Waals surface area contributed by atoms with Crippen LogP contribution in [0.25, 0.3) is 0 Å². The lowest BCUT2D eigenvalue weighted by molar-refractivity contribution is -0.140.